The van der Waals surface area contributed by atoms with Crippen LogP contribution in [0.25, 0.3) is 0 Å². The van der Waals surface area contributed by atoms with Gasteiger partial charge in [-0.3, -0.25) is 9.59 Å². The summed E-state index contributed by atoms with van der Waals surface area (Å²) in [7, 11) is -9.89. The van der Waals surface area contributed by atoms with E-state index in [-0.39, 0.29) is 104 Å². The predicted molar refractivity (Wildman–Crippen MR) is 180 cm³/mol. The van der Waals surface area contributed by atoms with E-state index in [1.165, 1.54) is 48.2 Å². The minimum atomic E-state index is -4.95. The van der Waals surface area contributed by atoms with Crippen molar-refractivity contribution < 1.29 is 94.6 Å². The minimum absolute atomic E-state index is 0. The zero-order valence-corrected chi connectivity index (χ0v) is 34.1. The molecule has 5 aromatic carbocycles. The summed E-state index contributed by atoms with van der Waals surface area (Å²) >= 11 is 1.40. The predicted octanol–water partition coefficient (Wildman–Crippen LogP) is 0.842. The summed E-state index contributed by atoms with van der Waals surface area (Å²) in [6.45, 7) is 5.20. The molecule has 0 amide bonds. The van der Waals surface area contributed by atoms with Crippen molar-refractivity contribution in [1.82, 2.24) is 0 Å². The third-order valence-corrected chi connectivity index (χ3v) is 10.5. The molecule has 0 aromatic heterocycles. The molecule has 0 unspecified atom stereocenters. The summed E-state index contributed by atoms with van der Waals surface area (Å²) in [5.41, 5.74) is 1.89. The van der Waals surface area contributed by atoms with Gasteiger partial charge in [-0.1, -0.05) is 41.6 Å². The number of carbonyl (C=O) groups is 2. The van der Waals surface area contributed by atoms with Crippen molar-refractivity contribution in [3.05, 3.63) is 130 Å². The van der Waals surface area contributed by atoms with E-state index in [1.54, 1.807) is 44.2 Å². The smallest absolute Gasteiger partial charge is 0.744 e. The van der Waals surface area contributed by atoms with Crippen LogP contribution in [-0.4, -0.2) is 37.5 Å². The van der Waals surface area contributed by atoms with Gasteiger partial charge in [0.1, 0.15) is 20.2 Å². The first-order chi connectivity index (χ1) is 22.6. The fourth-order valence-corrected chi connectivity index (χ4v) is 7.73. The Bertz CT molecular complexity index is 2400. The monoisotopic (exact) mass is 744 g/mol. The number of aryl methyl sites for hydroxylation is 3. The molecular formula is C35H26N2Na2O8S3. The fourth-order valence-electron chi connectivity index (χ4n) is 5.44. The second-order valence-corrected chi connectivity index (χ2v) is 15.2. The summed E-state index contributed by atoms with van der Waals surface area (Å²) in [6.07, 6.45) is 0. The van der Waals surface area contributed by atoms with Crippen molar-refractivity contribution in [2.75, 3.05) is 10.6 Å². The number of benzene rings is 5. The molecule has 244 valence electrons. The number of ketones is 2. The van der Waals surface area contributed by atoms with Crippen molar-refractivity contribution in [1.29, 1.82) is 0 Å². The fraction of sp³-hybridized carbons (Fsp3) is 0.0857. The maximum atomic E-state index is 14.4. The topological polar surface area (TPSA) is 173 Å². The molecule has 1 aliphatic carbocycles. The summed E-state index contributed by atoms with van der Waals surface area (Å²) in [6, 6.07) is 23.8. The number of nitrogens with one attached hydrogen (secondary N) is 2. The number of hydrogen-bond acceptors (Lipinski definition) is 11. The van der Waals surface area contributed by atoms with E-state index in [0.29, 0.717) is 16.0 Å². The van der Waals surface area contributed by atoms with Gasteiger partial charge >= 0.3 is 59.1 Å². The van der Waals surface area contributed by atoms with Crippen molar-refractivity contribution in [3.63, 3.8) is 0 Å². The Morgan fingerprint density at radius 2 is 0.900 bits per heavy atom. The zero-order chi connectivity index (χ0) is 34.5. The summed E-state index contributed by atoms with van der Waals surface area (Å²) < 4.78 is 72.9. The number of fused-ring (bicyclic) bond motifs is 2. The Morgan fingerprint density at radius 1 is 0.500 bits per heavy atom. The Balaban J connectivity index is 0.00000281. The SMILES string of the molecule is Cc1ccc(Sc2ccc3c(c2)C(=O)c2c(Nc4ccc(C)cc4S(=O)(=O)[O-])ccc(Nc4ccc(C)cc4S(=O)(=O)[O-])c2C3=O)cc1.[Na+].[Na+]. The largest absolute Gasteiger partial charge is 1.00 e. The maximum Gasteiger partial charge on any atom is 1.00 e. The van der Waals surface area contributed by atoms with E-state index < -0.39 is 41.6 Å². The van der Waals surface area contributed by atoms with Gasteiger partial charge < -0.3 is 19.7 Å². The molecule has 6 rings (SSSR count). The van der Waals surface area contributed by atoms with Gasteiger partial charge in [0.05, 0.1) is 43.7 Å². The van der Waals surface area contributed by atoms with Gasteiger partial charge in [-0.15, -0.1) is 0 Å². The normalized spacial score (nSPS) is 12.3. The van der Waals surface area contributed by atoms with E-state index in [4.69, 9.17) is 0 Å². The van der Waals surface area contributed by atoms with Crippen molar-refractivity contribution >= 4 is 66.3 Å². The third-order valence-electron chi connectivity index (χ3n) is 7.75. The van der Waals surface area contributed by atoms with Crippen LogP contribution in [-0.2, 0) is 20.2 Å². The molecule has 1 aliphatic rings. The van der Waals surface area contributed by atoms with E-state index in [0.717, 1.165) is 10.5 Å². The quantitative estimate of drug-likeness (QED) is 0.167. The van der Waals surface area contributed by atoms with Gasteiger partial charge in [-0.25, -0.2) is 16.8 Å². The molecule has 0 spiro atoms. The van der Waals surface area contributed by atoms with Crippen molar-refractivity contribution in [3.8, 4) is 0 Å². The summed E-state index contributed by atoms with van der Waals surface area (Å²) in [5, 5.41) is 5.75. The average Bonchev–Trinajstić information content (AvgIpc) is 3.02. The van der Waals surface area contributed by atoms with Crippen LogP contribution in [0.5, 0.6) is 0 Å². The van der Waals surface area contributed by atoms with Crippen LogP contribution in [0.15, 0.2) is 111 Å². The van der Waals surface area contributed by atoms with Gasteiger partial charge in [0.15, 0.2) is 11.6 Å². The number of rotatable bonds is 8. The van der Waals surface area contributed by atoms with Crippen LogP contribution >= 0.6 is 11.8 Å². The van der Waals surface area contributed by atoms with E-state index in [2.05, 4.69) is 10.6 Å². The Hall–Kier alpha value is -2.79. The molecule has 0 saturated carbocycles. The van der Waals surface area contributed by atoms with Crippen LogP contribution in [0.3, 0.4) is 0 Å². The molecule has 50 heavy (non-hydrogen) atoms. The Kier molecular flexibility index (Phi) is 12.3. The molecule has 0 heterocycles. The molecule has 0 aliphatic heterocycles. The molecule has 5 aromatic rings. The third kappa shape index (κ3) is 8.30. The molecule has 0 radical (unpaired) electrons. The van der Waals surface area contributed by atoms with Gasteiger partial charge in [0.2, 0.25) is 0 Å². The Morgan fingerprint density at radius 3 is 1.36 bits per heavy atom. The van der Waals surface area contributed by atoms with Crippen molar-refractivity contribution in [2.45, 2.75) is 40.4 Å². The van der Waals surface area contributed by atoms with Crippen molar-refractivity contribution in [2.24, 2.45) is 0 Å². The van der Waals surface area contributed by atoms with Gasteiger partial charge in [0.25, 0.3) is 0 Å². The number of anilines is 4. The van der Waals surface area contributed by atoms with E-state index in [9.17, 15) is 35.5 Å². The molecule has 2 N–H and O–H groups in total. The molecule has 0 saturated heterocycles. The molecule has 10 nitrogen and oxygen atoms in total. The summed E-state index contributed by atoms with van der Waals surface area (Å²) in [4.78, 5) is 29.1. The van der Waals surface area contributed by atoms with Gasteiger partial charge in [-0.05, 0) is 98.6 Å². The maximum absolute atomic E-state index is 14.4. The average molecular weight is 745 g/mol. The Labute approximate surface area is 338 Å². The van der Waals surface area contributed by atoms with E-state index >= 15 is 0 Å². The molecule has 0 bridgehead atoms. The van der Waals surface area contributed by atoms with Gasteiger partial charge in [-0.2, -0.15) is 0 Å². The summed E-state index contributed by atoms with van der Waals surface area (Å²) in [5.74, 6) is -1.15. The molecular weight excluding hydrogens is 719 g/mol. The first kappa shape index (κ1) is 40.0. The van der Waals surface area contributed by atoms with Crippen LogP contribution in [0, 0.1) is 20.8 Å². The first-order valence-electron chi connectivity index (χ1n) is 14.4. The number of hydrogen-bond donors (Lipinski definition) is 2. The molecule has 0 atom stereocenters. The van der Waals surface area contributed by atoms with E-state index in [1.807, 2.05) is 31.2 Å². The van der Waals surface area contributed by atoms with Gasteiger partial charge in [0, 0.05) is 20.9 Å². The first-order valence-corrected chi connectivity index (χ1v) is 18.1. The number of carbonyl (C=O) groups excluding carboxylic acids is 2. The van der Waals surface area contributed by atoms with Crippen LogP contribution in [0.2, 0.25) is 0 Å². The second kappa shape index (κ2) is 15.4. The van der Waals surface area contributed by atoms with Crippen LogP contribution in [0.1, 0.15) is 48.5 Å². The minimum Gasteiger partial charge on any atom is -0.744 e. The standard InChI is InChI=1S/C35H28N2O8S3.2Na/c1-19-4-8-22(9-5-19)46-23-10-11-24-25(18-23)35(39)33-29(37-27-13-7-21(3)17-31(27)48(43,44)45)15-14-28(32(33)34(24)38)36-26-12-6-20(2)16-30(26)47(40,41)42;;/h4-18,36-37H,1-3H3,(H,40,41,42)(H,43,44,45);;/q;2*+1/p-2. The molecule has 0 fully saturated rings. The van der Waals surface area contributed by atoms with Crippen LogP contribution in [0.4, 0.5) is 22.7 Å². The zero-order valence-electron chi connectivity index (χ0n) is 27.7. The van der Waals surface area contributed by atoms with Crippen LogP contribution < -0.4 is 69.7 Å². The molecule has 15 heteroatoms. The second-order valence-electron chi connectivity index (χ2n) is 11.3.